The van der Waals surface area contributed by atoms with Crippen molar-refractivity contribution in [2.24, 2.45) is 0 Å². The van der Waals surface area contributed by atoms with E-state index in [9.17, 15) is 0 Å². The molecule has 2 nitrogen and oxygen atoms in total. The maximum Gasteiger partial charge on any atom is 0.150 e. The molecule has 0 fully saturated rings. The van der Waals surface area contributed by atoms with Crippen LogP contribution in [-0.4, -0.2) is 0 Å². The quantitative estimate of drug-likeness (QED) is 0.689. The molecule has 0 bridgehead atoms. The lowest BCUT2D eigenvalue weighted by atomic mass is 10.1. The van der Waals surface area contributed by atoms with Gasteiger partial charge in [-0.05, 0) is 54.3 Å². The zero-order chi connectivity index (χ0) is 15.4. The number of rotatable bonds is 4. The van der Waals surface area contributed by atoms with Crippen molar-refractivity contribution in [3.8, 4) is 11.5 Å². The van der Waals surface area contributed by atoms with E-state index in [1.165, 1.54) is 11.1 Å². The van der Waals surface area contributed by atoms with Gasteiger partial charge in [0.15, 0.2) is 5.75 Å². The third-order valence-corrected chi connectivity index (χ3v) is 3.57. The fraction of sp³-hybridized carbons (Fsp3) is 0.100. The highest BCUT2D eigenvalue weighted by molar-refractivity contribution is 5.55. The lowest BCUT2D eigenvalue weighted by Crippen LogP contribution is -1.93. The molecule has 2 N–H and O–H groups in total. The Labute approximate surface area is 131 Å². The second kappa shape index (κ2) is 6.35. The van der Waals surface area contributed by atoms with Crippen molar-refractivity contribution in [2.75, 3.05) is 5.73 Å². The fourth-order valence-corrected chi connectivity index (χ4v) is 2.36. The Hall–Kier alpha value is -2.74. The molecule has 0 aliphatic heterocycles. The van der Waals surface area contributed by atoms with Gasteiger partial charge in [0, 0.05) is 0 Å². The topological polar surface area (TPSA) is 35.2 Å². The zero-order valence-electron chi connectivity index (χ0n) is 12.6. The first-order chi connectivity index (χ1) is 10.7. The van der Waals surface area contributed by atoms with Gasteiger partial charge in [-0.2, -0.15) is 0 Å². The molecule has 0 heterocycles. The van der Waals surface area contributed by atoms with Crippen molar-refractivity contribution >= 4 is 5.69 Å². The molecule has 110 valence electrons. The highest BCUT2D eigenvalue weighted by Crippen LogP contribution is 2.28. The van der Waals surface area contributed by atoms with E-state index in [0.717, 1.165) is 17.7 Å². The molecule has 0 aromatic heterocycles. The highest BCUT2D eigenvalue weighted by Gasteiger charge is 2.03. The summed E-state index contributed by atoms with van der Waals surface area (Å²) in [7, 11) is 0. The van der Waals surface area contributed by atoms with E-state index in [1.54, 1.807) is 0 Å². The van der Waals surface area contributed by atoms with Crippen LogP contribution in [0.3, 0.4) is 0 Å². The first-order valence-corrected chi connectivity index (χ1v) is 7.37. The van der Waals surface area contributed by atoms with Crippen LogP contribution in [0.2, 0.25) is 0 Å². The average molecular weight is 289 g/mol. The first-order valence-electron chi connectivity index (χ1n) is 7.37. The molecule has 0 spiro atoms. The van der Waals surface area contributed by atoms with E-state index in [0.29, 0.717) is 11.4 Å². The Morgan fingerprint density at radius 2 is 1.50 bits per heavy atom. The van der Waals surface area contributed by atoms with Crippen LogP contribution in [0.4, 0.5) is 5.69 Å². The number of benzene rings is 3. The van der Waals surface area contributed by atoms with Gasteiger partial charge in [-0.3, -0.25) is 0 Å². The molecule has 0 aliphatic rings. The molecule has 3 aromatic carbocycles. The van der Waals surface area contributed by atoms with Crippen LogP contribution in [-0.2, 0) is 6.42 Å². The van der Waals surface area contributed by atoms with Crippen LogP contribution < -0.4 is 10.5 Å². The zero-order valence-corrected chi connectivity index (χ0v) is 12.6. The molecular weight excluding hydrogens is 270 g/mol. The SMILES string of the molecule is Cc1ccc(N)c(Oc2ccc(Cc3ccccc3)cc2)c1. The molecule has 0 atom stereocenters. The third kappa shape index (κ3) is 3.47. The first kappa shape index (κ1) is 14.2. The number of hydrogen-bond acceptors (Lipinski definition) is 2. The molecule has 0 saturated carbocycles. The fourth-order valence-electron chi connectivity index (χ4n) is 2.36. The van der Waals surface area contributed by atoms with Crippen molar-refractivity contribution in [2.45, 2.75) is 13.3 Å². The summed E-state index contributed by atoms with van der Waals surface area (Å²) in [4.78, 5) is 0. The molecule has 22 heavy (non-hydrogen) atoms. The Balaban J connectivity index is 1.73. The monoisotopic (exact) mass is 289 g/mol. The number of nitrogens with two attached hydrogens (primary N) is 1. The minimum absolute atomic E-state index is 0.652. The summed E-state index contributed by atoms with van der Waals surface area (Å²) >= 11 is 0. The number of anilines is 1. The van der Waals surface area contributed by atoms with Crippen molar-refractivity contribution in [3.05, 3.63) is 89.5 Å². The normalized spacial score (nSPS) is 10.4. The smallest absolute Gasteiger partial charge is 0.150 e. The van der Waals surface area contributed by atoms with Gasteiger partial charge >= 0.3 is 0 Å². The summed E-state index contributed by atoms with van der Waals surface area (Å²) in [6.07, 6.45) is 0.924. The minimum Gasteiger partial charge on any atom is -0.455 e. The molecule has 0 aliphatic carbocycles. The van der Waals surface area contributed by atoms with Crippen molar-refractivity contribution in [1.82, 2.24) is 0 Å². The Morgan fingerprint density at radius 3 is 2.23 bits per heavy atom. The van der Waals surface area contributed by atoms with Crippen LogP contribution in [0.25, 0.3) is 0 Å². The van der Waals surface area contributed by atoms with Gasteiger partial charge < -0.3 is 10.5 Å². The summed E-state index contributed by atoms with van der Waals surface area (Å²) in [5, 5.41) is 0. The van der Waals surface area contributed by atoms with Gasteiger partial charge in [-0.25, -0.2) is 0 Å². The number of aryl methyl sites for hydroxylation is 1. The summed E-state index contributed by atoms with van der Waals surface area (Å²) < 4.78 is 5.87. The second-order valence-electron chi connectivity index (χ2n) is 5.45. The number of hydrogen-bond donors (Lipinski definition) is 1. The Bertz CT molecular complexity index is 748. The predicted molar refractivity (Wildman–Crippen MR) is 91.4 cm³/mol. The van der Waals surface area contributed by atoms with Crippen molar-refractivity contribution < 1.29 is 4.74 Å². The van der Waals surface area contributed by atoms with Crippen LogP contribution in [0.15, 0.2) is 72.8 Å². The molecule has 3 aromatic rings. The largest absolute Gasteiger partial charge is 0.455 e. The molecule has 0 amide bonds. The molecule has 3 rings (SSSR count). The molecule has 0 unspecified atom stereocenters. The maximum absolute atomic E-state index is 5.94. The average Bonchev–Trinajstić information content (AvgIpc) is 2.54. The van der Waals surface area contributed by atoms with Gasteiger partial charge in [-0.15, -0.1) is 0 Å². The van der Waals surface area contributed by atoms with E-state index in [4.69, 9.17) is 10.5 Å². The second-order valence-corrected chi connectivity index (χ2v) is 5.45. The molecule has 2 heteroatoms. The predicted octanol–water partition coefficient (Wildman–Crippen LogP) is 4.96. The van der Waals surface area contributed by atoms with E-state index in [1.807, 2.05) is 43.3 Å². The van der Waals surface area contributed by atoms with Crippen LogP contribution in [0.1, 0.15) is 16.7 Å². The lowest BCUT2D eigenvalue weighted by Gasteiger charge is -2.10. The summed E-state index contributed by atoms with van der Waals surface area (Å²) in [6, 6.07) is 24.4. The van der Waals surface area contributed by atoms with Gasteiger partial charge in [0.25, 0.3) is 0 Å². The minimum atomic E-state index is 0.652. The summed E-state index contributed by atoms with van der Waals surface area (Å²) in [5.41, 5.74) is 10.3. The van der Waals surface area contributed by atoms with E-state index in [2.05, 4.69) is 36.4 Å². The van der Waals surface area contributed by atoms with Gasteiger partial charge in [0.2, 0.25) is 0 Å². The Morgan fingerprint density at radius 1 is 0.818 bits per heavy atom. The van der Waals surface area contributed by atoms with Crippen molar-refractivity contribution in [1.29, 1.82) is 0 Å². The van der Waals surface area contributed by atoms with Gasteiger partial charge in [0.1, 0.15) is 5.75 Å². The lowest BCUT2D eigenvalue weighted by molar-refractivity contribution is 0.484. The van der Waals surface area contributed by atoms with Gasteiger partial charge in [0.05, 0.1) is 5.69 Å². The third-order valence-electron chi connectivity index (χ3n) is 3.57. The summed E-state index contributed by atoms with van der Waals surface area (Å²) in [5.74, 6) is 1.50. The maximum atomic E-state index is 5.94. The highest BCUT2D eigenvalue weighted by atomic mass is 16.5. The van der Waals surface area contributed by atoms with Crippen LogP contribution in [0.5, 0.6) is 11.5 Å². The van der Waals surface area contributed by atoms with Crippen molar-refractivity contribution in [3.63, 3.8) is 0 Å². The van der Waals surface area contributed by atoms with Gasteiger partial charge in [-0.1, -0.05) is 48.5 Å². The van der Waals surface area contributed by atoms with E-state index >= 15 is 0 Å². The van der Waals surface area contributed by atoms with Crippen LogP contribution in [0, 0.1) is 6.92 Å². The molecular formula is C20H19NO. The van der Waals surface area contributed by atoms with Crippen LogP contribution >= 0.6 is 0 Å². The Kier molecular flexibility index (Phi) is 4.10. The standard InChI is InChI=1S/C20H19NO/c1-15-7-12-19(21)20(13-15)22-18-10-8-17(9-11-18)14-16-5-3-2-4-6-16/h2-13H,14,21H2,1H3. The van der Waals surface area contributed by atoms with E-state index < -0.39 is 0 Å². The molecule has 0 saturated heterocycles. The van der Waals surface area contributed by atoms with E-state index in [-0.39, 0.29) is 0 Å². The number of ether oxygens (including phenoxy) is 1. The molecule has 0 radical (unpaired) electrons. The number of nitrogen functional groups attached to an aromatic ring is 1. The summed E-state index contributed by atoms with van der Waals surface area (Å²) in [6.45, 7) is 2.02.